The Morgan fingerprint density at radius 1 is 1.14 bits per heavy atom. The van der Waals surface area contributed by atoms with Gasteiger partial charge in [0.1, 0.15) is 12.3 Å². The molecule has 3 heterocycles. The van der Waals surface area contributed by atoms with E-state index >= 15 is 0 Å². The molecule has 0 saturated carbocycles. The number of carbonyl (C=O) groups is 1. The Hall–Kier alpha value is -3.69. The Morgan fingerprint density at radius 2 is 1.92 bits per heavy atom. The molecule has 0 spiro atoms. The van der Waals surface area contributed by atoms with Crippen molar-refractivity contribution in [3.05, 3.63) is 78.6 Å². The van der Waals surface area contributed by atoms with E-state index in [0.717, 1.165) is 27.7 Å². The van der Waals surface area contributed by atoms with Gasteiger partial charge in [-0.3, -0.25) is 9.78 Å². The Morgan fingerprint density at radius 3 is 2.59 bits per heavy atom. The van der Waals surface area contributed by atoms with Crippen LogP contribution in [-0.4, -0.2) is 52.5 Å². The maximum absolute atomic E-state index is 13.4. The van der Waals surface area contributed by atoms with Gasteiger partial charge in [-0.2, -0.15) is 4.31 Å². The zero-order valence-corrected chi connectivity index (χ0v) is 21.6. The normalized spacial score (nSPS) is 16.5. The summed E-state index contributed by atoms with van der Waals surface area (Å²) in [7, 11) is -3.66. The SMILES string of the molecule is CC(C)Oc1ccc(S(=O)(=O)N2CCC(c3cn(CC(=O)O)c4cc(-c5ccccn5)ccc34)C2)cc1. The van der Waals surface area contributed by atoms with Gasteiger partial charge in [-0.15, -0.1) is 0 Å². The third-order valence-corrected chi connectivity index (χ3v) is 8.48. The van der Waals surface area contributed by atoms with Crippen LogP contribution < -0.4 is 4.74 Å². The molecule has 0 bridgehead atoms. The van der Waals surface area contributed by atoms with Crippen molar-refractivity contribution in [3.63, 3.8) is 0 Å². The summed E-state index contributed by atoms with van der Waals surface area (Å²) in [6.45, 7) is 4.39. The first kappa shape index (κ1) is 25.0. The number of hydrogen-bond donors (Lipinski definition) is 1. The van der Waals surface area contributed by atoms with Crippen LogP contribution in [0.1, 0.15) is 31.7 Å². The maximum atomic E-state index is 13.4. The largest absolute Gasteiger partial charge is 0.491 e. The molecule has 1 aliphatic rings. The number of sulfonamides is 1. The van der Waals surface area contributed by atoms with E-state index in [1.54, 1.807) is 35.0 Å². The Balaban J connectivity index is 1.44. The number of nitrogens with zero attached hydrogens (tertiary/aromatic N) is 3. The standard InChI is InChI=1S/C28H29N3O5S/c1-19(2)36-22-7-9-23(10-8-22)37(34,35)31-14-12-21(16-31)25-17-30(18-28(32)33)27-15-20(6-11-24(25)27)26-5-3-4-13-29-26/h3-11,13,15,17,19,21H,12,14,16,18H2,1-2H3,(H,32,33). The van der Waals surface area contributed by atoms with E-state index in [2.05, 4.69) is 4.98 Å². The van der Waals surface area contributed by atoms with E-state index in [1.807, 2.05) is 56.4 Å². The van der Waals surface area contributed by atoms with E-state index < -0.39 is 16.0 Å². The van der Waals surface area contributed by atoms with Crippen molar-refractivity contribution in [2.24, 2.45) is 0 Å². The number of carboxylic acids is 1. The van der Waals surface area contributed by atoms with Gasteiger partial charge < -0.3 is 14.4 Å². The smallest absolute Gasteiger partial charge is 0.323 e. The van der Waals surface area contributed by atoms with Crippen LogP contribution in [0, 0.1) is 0 Å². The van der Waals surface area contributed by atoms with Crippen LogP contribution in [0.15, 0.2) is 78.0 Å². The number of pyridine rings is 1. The van der Waals surface area contributed by atoms with Gasteiger partial charge in [0.05, 0.1) is 16.7 Å². The number of rotatable bonds is 8. The number of aliphatic carboxylic acids is 1. The molecular formula is C28H29N3O5S. The van der Waals surface area contributed by atoms with Crippen molar-refractivity contribution in [2.45, 2.75) is 43.7 Å². The molecule has 1 unspecified atom stereocenters. The van der Waals surface area contributed by atoms with Crippen LogP contribution in [0.25, 0.3) is 22.2 Å². The summed E-state index contributed by atoms with van der Waals surface area (Å²) in [4.78, 5) is 16.2. The van der Waals surface area contributed by atoms with Crippen molar-refractivity contribution < 1.29 is 23.1 Å². The van der Waals surface area contributed by atoms with Crippen molar-refractivity contribution in [1.29, 1.82) is 0 Å². The van der Waals surface area contributed by atoms with E-state index in [9.17, 15) is 18.3 Å². The van der Waals surface area contributed by atoms with E-state index in [0.29, 0.717) is 25.3 Å². The average molecular weight is 520 g/mol. The summed E-state index contributed by atoms with van der Waals surface area (Å²) in [5.74, 6) is -0.353. The second-order valence-electron chi connectivity index (χ2n) is 9.54. The van der Waals surface area contributed by atoms with Crippen LogP contribution in [0.2, 0.25) is 0 Å². The number of benzene rings is 2. The Kier molecular flexibility index (Phi) is 6.74. The van der Waals surface area contributed by atoms with Crippen LogP contribution in [0.4, 0.5) is 0 Å². The highest BCUT2D eigenvalue weighted by Crippen LogP contribution is 2.37. The molecule has 5 rings (SSSR count). The molecule has 4 aromatic rings. The first-order valence-corrected chi connectivity index (χ1v) is 13.7. The van der Waals surface area contributed by atoms with Gasteiger partial charge in [-0.25, -0.2) is 8.42 Å². The van der Waals surface area contributed by atoms with E-state index in [1.165, 1.54) is 4.31 Å². The third kappa shape index (κ3) is 5.10. The minimum absolute atomic E-state index is 0.00471. The molecule has 192 valence electrons. The molecule has 0 amide bonds. The molecule has 0 radical (unpaired) electrons. The molecule has 9 heteroatoms. The van der Waals surface area contributed by atoms with Crippen molar-refractivity contribution in [2.75, 3.05) is 13.1 Å². The number of aromatic nitrogens is 2. The fourth-order valence-corrected chi connectivity index (χ4v) is 6.43. The minimum Gasteiger partial charge on any atom is -0.491 e. The first-order chi connectivity index (χ1) is 17.7. The van der Waals surface area contributed by atoms with Crippen molar-refractivity contribution in [3.8, 4) is 17.0 Å². The highest BCUT2D eigenvalue weighted by molar-refractivity contribution is 7.89. The van der Waals surface area contributed by atoms with Gasteiger partial charge in [0.25, 0.3) is 0 Å². The quantitative estimate of drug-likeness (QED) is 0.360. The molecule has 1 N–H and O–H groups in total. The predicted molar refractivity (Wildman–Crippen MR) is 141 cm³/mol. The third-order valence-electron chi connectivity index (χ3n) is 6.60. The van der Waals surface area contributed by atoms with Crippen molar-refractivity contribution in [1.82, 2.24) is 13.9 Å². The Bertz CT molecular complexity index is 1530. The molecule has 37 heavy (non-hydrogen) atoms. The summed E-state index contributed by atoms with van der Waals surface area (Å²) in [5.41, 5.74) is 3.45. The van der Waals surface area contributed by atoms with E-state index in [-0.39, 0.29) is 23.5 Å². The number of carboxylic acid groups (broad SMARTS) is 1. The number of ether oxygens (including phenoxy) is 1. The fourth-order valence-electron chi connectivity index (χ4n) is 4.93. The van der Waals surface area contributed by atoms with Crippen LogP contribution in [0.3, 0.4) is 0 Å². The molecular weight excluding hydrogens is 490 g/mol. The zero-order valence-electron chi connectivity index (χ0n) is 20.7. The summed E-state index contributed by atoms with van der Waals surface area (Å²) in [5, 5.41) is 10.4. The fraction of sp³-hybridized carbons (Fsp3) is 0.286. The average Bonchev–Trinajstić information content (AvgIpc) is 3.50. The molecule has 1 fully saturated rings. The second kappa shape index (κ2) is 9.99. The molecule has 8 nitrogen and oxygen atoms in total. The van der Waals surface area contributed by atoms with Crippen LogP contribution in [-0.2, 0) is 21.4 Å². The lowest BCUT2D eigenvalue weighted by Gasteiger charge is -2.17. The number of hydrogen-bond acceptors (Lipinski definition) is 5. The Labute approximate surface area is 216 Å². The van der Waals surface area contributed by atoms with Gasteiger partial charge in [0.15, 0.2) is 0 Å². The van der Waals surface area contributed by atoms with Gasteiger partial charge in [0.2, 0.25) is 10.0 Å². The maximum Gasteiger partial charge on any atom is 0.323 e. The minimum atomic E-state index is -3.66. The molecule has 2 aromatic carbocycles. The summed E-state index contributed by atoms with van der Waals surface area (Å²) in [6.07, 6.45) is 4.24. The zero-order chi connectivity index (χ0) is 26.2. The monoisotopic (exact) mass is 519 g/mol. The highest BCUT2D eigenvalue weighted by Gasteiger charge is 2.34. The van der Waals surface area contributed by atoms with Gasteiger partial charge >= 0.3 is 5.97 Å². The van der Waals surface area contributed by atoms with E-state index in [4.69, 9.17) is 4.74 Å². The number of fused-ring (bicyclic) bond motifs is 1. The molecule has 1 saturated heterocycles. The molecule has 1 aliphatic heterocycles. The molecule has 0 aliphatic carbocycles. The molecule has 1 atom stereocenters. The topological polar surface area (TPSA) is 102 Å². The first-order valence-electron chi connectivity index (χ1n) is 12.3. The van der Waals surface area contributed by atoms with Crippen LogP contribution in [0.5, 0.6) is 5.75 Å². The van der Waals surface area contributed by atoms with Gasteiger partial charge in [-0.05, 0) is 68.3 Å². The van der Waals surface area contributed by atoms with Gasteiger partial charge in [0, 0.05) is 47.9 Å². The molecule has 2 aromatic heterocycles. The lowest BCUT2D eigenvalue weighted by Crippen LogP contribution is -2.28. The van der Waals surface area contributed by atoms with Gasteiger partial charge in [-0.1, -0.05) is 18.2 Å². The summed E-state index contributed by atoms with van der Waals surface area (Å²) < 4.78 is 35.6. The summed E-state index contributed by atoms with van der Waals surface area (Å²) in [6, 6.07) is 18.1. The van der Waals surface area contributed by atoms with Crippen molar-refractivity contribution >= 4 is 26.9 Å². The predicted octanol–water partition coefficient (Wildman–Crippen LogP) is 4.75. The lowest BCUT2D eigenvalue weighted by atomic mass is 9.97. The highest BCUT2D eigenvalue weighted by atomic mass is 32.2. The van der Waals surface area contributed by atoms with Crippen LogP contribution >= 0.6 is 0 Å². The lowest BCUT2D eigenvalue weighted by molar-refractivity contribution is -0.137. The second-order valence-corrected chi connectivity index (χ2v) is 11.5. The summed E-state index contributed by atoms with van der Waals surface area (Å²) >= 11 is 0.